The fourth-order valence-electron chi connectivity index (χ4n) is 15.8. The molecule has 0 radical (unpaired) electrons. The molecule has 8 amide bonds. The van der Waals surface area contributed by atoms with Gasteiger partial charge in [-0.2, -0.15) is 59.9 Å². The third kappa shape index (κ3) is 20.8. The summed E-state index contributed by atoms with van der Waals surface area (Å²) in [4.78, 5) is 68.3. The van der Waals surface area contributed by atoms with Gasteiger partial charge in [0.15, 0.2) is 51.7 Å². The number of para-hydroxylation sites is 2. The lowest BCUT2D eigenvalue weighted by atomic mass is 10.0. The smallest absolute Gasteiger partial charge is 0.419 e. The molecular formula is C96H84F12N24O5. The van der Waals surface area contributed by atoms with E-state index in [0.29, 0.717) is 128 Å². The minimum absolute atomic E-state index is 0.188. The number of ether oxygens (including phenoxy) is 1. The predicted molar refractivity (Wildman–Crippen MR) is 499 cm³/mol. The number of carbonyl (C=O) groups excluding carboxylic acids is 4. The summed E-state index contributed by atoms with van der Waals surface area (Å²) in [5.41, 5.74) is 35.9. The predicted octanol–water partition coefficient (Wildman–Crippen LogP) is 22.4. The number of nitrogens with zero attached hydrogens (tertiary/aromatic N) is 12. The van der Waals surface area contributed by atoms with Gasteiger partial charge in [0, 0.05) is 109 Å². The number of nitrogens with two attached hydrogens (primary N) is 4. The number of halogens is 12. The molecule has 0 aliphatic heterocycles. The summed E-state index contributed by atoms with van der Waals surface area (Å²) < 4.78 is 169. The Balaban J connectivity index is 0.000000127. The molecule has 702 valence electrons. The van der Waals surface area contributed by atoms with Crippen molar-refractivity contribution >= 4 is 137 Å². The topological polar surface area (TPSA) is 401 Å². The lowest BCUT2D eigenvalue weighted by molar-refractivity contribution is -0.140. The average Bonchev–Trinajstić information content (AvgIpc) is 1.64. The van der Waals surface area contributed by atoms with E-state index in [1.54, 1.807) is 132 Å². The molecule has 0 saturated heterocycles. The molecular weight excluding hydrogens is 1800 g/mol. The van der Waals surface area contributed by atoms with Gasteiger partial charge in [0.1, 0.15) is 17.4 Å². The number of nitrogens with one attached hydrogen (secondary N) is 8. The van der Waals surface area contributed by atoms with Crippen molar-refractivity contribution in [2.75, 3.05) is 72.6 Å². The number of hydrogen-bond donors (Lipinski definition) is 12. The minimum Gasteiger partial charge on any atom is -0.495 e. The van der Waals surface area contributed by atoms with Gasteiger partial charge in [-0.3, -0.25) is 0 Å². The highest BCUT2D eigenvalue weighted by Crippen LogP contribution is 2.49. The Morgan fingerprint density at radius 2 is 0.642 bits per heavy atom. The minimum atomic E-state index is -4.87. The molecule has 0 unspecified atom stereocenters. The molecule has 4 fully saturated rings. The van der Waals surface area contributed by atoms with Gasteiger partial charge in [-0.05, 0) is 229 Å². The maximum absolute atomic E-state index is 14.2. The first-order valence-electron chi connectivity index (χ1n) is 42.8. The average molecular weight is 1880 g/mol. The highest BCUT2D eigenvalue weighted by atomic mass is 19.4. The highest BCUT2D eigenvalue weighted by molar-refractivity contribution is 6.07. The largest absolute Gasteiger partial charge is 0.495 e. The molecule has 8 aromatic carbocycles. The van der Waals surface area contributed by atoms with Gasteiger partial charge in [-0.25, -0.2) is 71.0 Å². The molecule has 29 nitrogen and oxygen atoms in total. The van der Waals surface area contributed by atoms with E-state index in [4.69, 9.17) is 47.6 Å². The molecule has 0 spiro atoms. The molecule has 41 heteroatoms. The van der Waals surface area contributed by atoms with Crippen LogP contribution in [0.4, 0.5) is 141 Å². The van der Waals surface area contributed by atoms with E-state index in [9.17, 15) is 71.9 Å². The van der Waals surface area contributed by atoms with Gasteiger partial charge in [0.25, 0.3) is 0 Å². The van der Waals surface area contributed by atoms with E-state index < -0.39 is 76.5 Å². The Morgan fingerprint density at radius 1 is 0.336 bits per heavy atom. The SMILES string of the molecule is COc1ccccc1NC(=O)Nc1ccc(-c2cc(C3CC3)nc3c2c(N)nn3C)cc1.Cn1nc(N)c2c(-c3ccc(NC(=O)Nc4cc(F)cc(C(F)(F)F)c4)cc3)cc(C3CC3)nc21.Cn1nc(N)c2c(-c3ccc(NC(=O)Nc4ccc(F)c(C(F)(F)F)c4)cc3)cc(C3CC3)nc21.Cn1nc(N)c2c(-c3ccc(NC(=O)Nc4cccc(C(F)(F)F)c4F)cc3)cc(C3CC3)nc21. The summed E-state index contributed by atoms with van der Waals surface area (Å²) in [7, 11) is 8.78. The highest BCUT2D eigenvalue weighted by Gasteiger charge is 2.38. The van der Waals surface area contributed by atoms with E-state index in [1.807, 2.05) is 61.6 Å². The van der Waals surface area contributed by atoms with Crippen molar-refractivity contribution in [3.8, 4) is 50.3 Å². The van der Waals surface area contributed by atoms with Crippen LogP contribution in [0.1, 0.15) is 115 Å². The van der Waals surface area contributed by atoms with Crippen LogP contribution in [0.3, 0.4) is 0 Å². The van der Waals surface area contributed by atoms with Crippen molar-refractivity contribution in [3.63, 3.8) is 0 Å². The Labute approximate surface area is 770 Å². The fourth-order valence-corrected chi connectivity index (χ4v) is 15.8. The number of nitrogen functional groups attached to an aromatic ring is 4. The molecule has 0 bridgehead atoms. The number of fused-ring (bicyclic) bond motifs is 4. The van der Waals surface area contributed by atoms with E-state index in [-0.39, 0.29) is 17.4 Å². The number of aryl methyl sites for hydroxylation is 4. The first kappa shape index (κ1) is 92.3. The van der Waals surface area contributed by atoms with Crippen LogP contribution in [0.25, 0.3) is 88.6 Å². The van der Waals surface area contributed by atoms with Crippen LogP contribution < -0.4 is 70.2 Å². The molecule has 4 aliphatic rings. The first-order chi connectivity index (χ1) is 65.3. The maximum atomic E-state index is 14.2. The summed E-state index contributed by atoms with van der Waals surface area (Å²) in [5.74, 6) is -0.164. The molecule has 8 aromatic heterocycles. The Bertz CT molecular complexity index is 7360. The van der Waals surface area contributed by atoms with E-state index in [1.165, 1.54) is 0 Å². The van der Waals surface area contributed by atoms with Crippen LogP contribution in [-0.2, 0) is 46.7 Å². The standard InChI is InChI=1S/3C24H20F4N6O.C24H24N6O2/c1-34-22-20(21(29)33-34)18(11-19(32-22)13-2-3-13)12-4-6-16(7-5-12)30-23(35)31-17-9-14(24(26,27)28)8-15(25)10-17;1-34-22-20(21(29)33-34)16(11-19(32-22)13-2-3-13)12-4-6-14(7-5-12)30-23(35)31-15-8-9-18(25)17(10-15)24(26,27)28;1-34-22-19(21(29)33-34)15(11-18(31-22)13-5-6-13)12-7-9-14(10-8-12)30-23(35)32-17-4-2-3-16(20(17)25)24(26,27)28;1-30-23-21(22(25)29-30)17(13-19(27-23)15-7-8-15)14-9-11-16(12-10-14)26-24(31)28-18-5-3-4-6-20(18)32-2/h2*4-11,13H,2-3H2,1H3,(H2,29,33)(H2,30,31,35);2-4,7-11,13H,5-6H2,1H3,(H2,29,33)(H2,30,32,35);3-6,9-13,15H,7-8H2,1-2H3,(H2,25,29)(H2,26,28,31). The van der Waals surface area contributed by atoms with Crippen molar-refractivity contribution in [3.05, 3.63) is 257 Å². The molecule has 16 N–H and O–H groups in total. The van der Waals surface area contributed by atoms with Gasteiger partial charge in [-0.1, -0.05) is 66.7 Å². The van der Waals surface area contributed by atoms with Crippen molar-refractivity contribution in [2.24, 2.45) is 28.2 Å². The second-order valence-corrected chi connectivity index (χ2v) is 33.2. The lowest BCUT2D eigenvalue weighted by Gasteiger charge is -2.13. The van der Waals surface area contributed by atoms with E-state index in [0.717, 1.165) is 170 Å². The summed E-state index contributed by atoms with van der Waals surface area (Å²) in [6.07, 6.45) is -5.66. The Kier molecular flexibility index (Phi) is 25.0. The van der Waals surface area contributed by atoms with Crippen LogP contribution in [0, 0.1) is 17.5 Å². The zero-order valence-electron chi connectivity index (χ0n) is 73.3. The quantitative estimate of drug-likeness (QED) is 0.0377. The van der Waals surface area contributed by atoms with Crippen LogP contribution in [0.15, 0.2) is 200 Å². The third-order valence-corrected chi connectivity index (χ3v) is 23.1. The van der Waals surface area contributed by atoms with Crippen molar-refractivity contribution in [1.29, 1.82) is 0 Å². The second kappa shape index (κ2) is 37.1. The van der Waals surface area contributed by atoms with Crippen LogP contribution in [0.5, 0.6) is 5.75 Å². The number of pyridine rings is 4. The summed E-state index contributed by atoms with van der Waals surface area (Å²) in [6.45, 7) is 0. The summed E-state index contributed by atoms with van der Waals surface area (Å²) in [6, 6.07) is 47.7. The Hall–Kier alpha value is -16.5. The number of amides is 8. The number of benzene rings is 8. The molecule has 16 aromatic rings. The maximum Gasteiger partial charge on any atom is 0.419 e. The van der Waals surface area contributed by atoms with E-state index in [2.05, 4.69) is 69.0 Å². The second-order valence-electron chi connectivity index (χ2n) is 33.2. The van der Waals surface area contributed by atoms with Gasteiger partial charge in [0.05, 0.1) is 56.7 Å². The number of aromatic nitrogens is 12. The monoisotopic (exact) mass is 1880 g/mol. The molecule has 4 aliphatic carbocycles. The van der Waals surface area contributed by atoms with E-state index >= 15 is 0 Å². The summed E-state index contributed by atoms with van der Waals surface area (Å²) in [5, 5.41) is 40.2. The molecule has 137 heavy (non-hydrogen) atoms. The van der Waals surface area contributed by atoms with Crippen molar-refractivity contribution < 1.29 is 76.6 Å². The number of carbonyl (C=O) groups is 4. The molecule has 4 saturated carbocycles. The number of methoxy groups -OCH3 is 1. The zero-order valence-corrected chi connectivity index (χ0v) is 73.3. The molecule has 20 rings (SSSR count). The van der Waals surface area contributed by atoms with Crippen molar-refractivity contribution in [1.82, 2.24) is 59.1 Å². The Morgan fingerprint density at radius 3 is 0.971 bits per heavy atom. The van der Waals surface area contributed by atoms with Gasteiger partial charge in [0.2, 0.25) is 0 Å². The normalized spacial score (nSPS) is 13.6. The fraction of sp³-hybridized carbons (Fsp3) is 0.208. The van der Waals surface area contributed by atoms with Crippen LogP contribution in [-0.4, -0.2) is 90.3 Å². The van der Waals surface area contributed by atoms with Crippen LogP contribution >= 0.6 is 0 Å². The molecule has 8 heterocycles. The van der Waals surface area contributed by atoms with Crippen molar-refractivity contribution in [2.45, 2.75) is 93.6 Å². The molecule has 0 atom stereocenters. The van der Waals surface area contributed by atoms with Gasteiger partial charge >= 0.3 is 42.7 Å². The number of rotatable bonds is 17. The number of urea groups is 4. The van der Waals surface area contributed by atoms with Crippen LogP contribution in [0.2, 0.25) is 0 Å². The number of hydrogen-bond acceptors (Lipinski definition) is 17. The lowest BCUT2D eigenvalue weighted by Crippen LogP contribution is -2.21. The number of anilines is 12. The van der Waals surface area contributed by atoms with Gasteiger partial charge < -0.3 is 70.2 Å². The third-order valence-electron chi connectivity index (χ3n) is 23.1. The summed E-state index contributed by atoms with van der Waals surface area (Å²) >= 11 is 0. The zero-order chi connectivity index (χ0) is 97.0. The number of alkyl halides is 9. The first-order valence-corrected chi connectivity index (χ1v) is 42.8. The van der Waals surface area contributed by atoms with Gasteiger partial charge in [-0.15, -0.1) is 0 Å².